The van der Waals surface area contributed by atoms with Gasteiger partial charge >= 0.3 is 0 Å². The average molecular weight is 285 g/mol. The number of hydrogen-bond acceptors (Lipinski definition) is 4. The number of carbonyl (C=O) groups is 1. The van der Waals surface area contributed by atoms with E-state index in [1.54, 1.807) is 6.20 Å². The van der Waals surface area contributed by atoms with Gasteiger partial charge in [0.2, 0.25) is 5.91 Å². The molecule has 21 heavy (non-hydrogen) atoms. The summed E-state index contributed by atoms with van der Waals surface area (Å²) in [4.78, 5) is 16.0. The lowest BCUT2D eigenvalue weighted by Gasteiger charge is -2.22. The van der Waals surface area contributed by atoms with E-state index in [1.165, 1.54) is 6.39 Å². The molecule has 1 aromatic heterocycles. The molecule has 1 saturated heterocycles. The predicted octanol–water partition coefficient (Wildman–Crippen LogP) is 2.67. The van der Waals surface area contributed by atoms with Gasteiger partial charge in [-0.1, -0.05) is 12.1 Å². The zero-order chi connectivity index (χ0) is 14.5. The molecule has 1 aliphatic heterocycles. The Morgan fingerprint density at radius 2 is 2.43 bits per heavy atom. The Kier molecular flexibility index (Phi) is 4.31. The van der Waals surface area contributed by atoms with Crippen molar-refractivity contribution >= 4 is 11.6 Å². The van der Waals surface area contributed by atoms with Gasteiger partial charge in [-0.15, -0.1) is 0 Å². The van der Waals surface area contributed by atoms with Gasteiger partial charge in [-0.05, 0) is 44.0 Å². The maximum atomic E-state index is 12.1. The van der Waals surface area contributed by atoms with E-state index in [4.69, 9.17) is 4.42 Å². The number of rotatable bonds is 4. The Bertz CT molecular complexity index is 589. The molecule has 5 nitrogen and oxygen atoms in total. The lowest BCUT2D eigenvalue weighted by atomic mass is 9.96. The van der Waals surface area contributed by atoms with Crippen LogP contribution in [0.2, 0.25) is 0 Å². The van der Waals surface area contributed by atoms with Gasteiger partial charge in [0.15, 0.2) is 12.2 Å². The third-order valence-electron chi connectivity index (χ3n) is 3.74. The fourth-order valence-electron chi connectivity index (χ4n) is 2.68. The first kappa shape index (κ1) is 13.8. The Labute approximate surface area is 123 Å². The molecule has 0 bridgehead atoms. The lowest BCUT2D eigenvalue weighted by molar-refractivity contribution is -0.117. The highest BCUT2D eigenvalue weighted by molar-refractivity contribution is 5.91. The highest BCUT2D eigenvalue weighted by Gasteiger charge is 2.16. The molecule has 1 aromatic carbocycles. The molecule has 0 aliphatic carbocycles. The minimum absolute atomic E-state index is 0.0680. The molecule has 0 radical (unpaired) electrons. The number of oxazole rings is 1. The van der Waals surface area contributed by atoms with E-state index in [-0.39, 0.29) is 5.91 Å². The molecule has 0 spiro atoms. The van der Waals surface area contributed by atoms with E-state index in [0.29, 0.717) is 18.1 Å². The number of nitrogens with zero attached hydrogens (tertiary/aromatic N) is 1. The van der Waals surface area contributed by atoms with Crippen molar-refractivity contribution in [3.05, 3.63) is 36.9 Å². The van der Waals surface area contributed by atoms with Crippen LogP contribution in [0.4, 0.5) is 5.69 Å². The molecular formula is C16H19N3O2. The van der Waals surface area contributed by atoms with Crippen molar-refractivity contribution < 1.29 is 9.21 Å². The third-order valence-corrected chi connectivity index (χ3v) is 3.74. The van der Waals surface area contributed by atoms with Crippen LogP contribution in [0.15, 0.2) is 41.3 Å². The third kappa shape index (κ3) is 3.70. The van der Waals surface area contributed by atoms with Gasteiger partial charge in [0.25, 0.3) is 0 Å². The smallest absolute Gasteiger partial charge is 0.224 e. The van der Waals surface area contributed by atoms with Gasteiger partial charge < -0.3 is 15.1 Å². The quantitative estimate of drug-likeness (QED) is 0.906. The van der Waals surface area contributed by atoms with Crippen LogP contribution in [-0.4, -0.2) is 24.0 Å². The predicted molar refractivity (Wildman–Crippen MR) is 80.8 cm³/mol. The Balaban J connectivity index is 1.62. The molecule has 1 amide bonds. The van der Waals surface area contributed by atoms with E-state index in [2.05, 4.69) is 15.6 Å². The molecule has 2 heterocycles. The largest absolute Gasteiger partial charge is 0.444 e. The number of piperidine rings is 1. The number of aromatic nitrogens is 1. The van der Waals surface area contributed by atoms with Crippen LogP contribution < -0.4 is 10.6 Å². The van der Waals surface area contributed by atoms with Crippen LogP contribution in [0.1, 0.15) is 19.3 Å². The Morgan fingerprint density at radius 3 is 3.19 bits per heavy atom. The van der Waals surface area contributed by atoms with Crippen LogP contribution in [0.5, 0.6) is 0 Å². The highest BCUT2D eigenvalue weighted by Crippen LogP contribution is 2.22. The van der Waals surface area contributed by atoms with Gasteiger partial charge in [0.05, 0.1) is 6.20 Å². The fraction of sp³-hybridized carbons (Fsp3) is 0.375. The second-order valence-electron chi connectivity index (χ2n) is 5.41. The first-order chi connectivity index (χ1) is 10.3. The molecule has 2 N–H and O–H groups in total. The fourth-order valence-corrected chi connectivity index (χ4v) is 2.68. The van der Waals surface area contributed by atoms with Crippen LogP contribution >= 0.6 is 0 Å². The van der Waals surface area contributed by atoms with Gasteiger partial charge in [-0.2, -0.15) is 0 Å². The summed E-state index contributed by atoms with van der Waals surface area (Å²) < 4.78 is 5.27. The van der Waals surface area contributed by atoms with Crippen LogP contribution in [0.3, 0.4) is 0 Å². The number of hydrogen-bond donors (Lipinski definition) is 2. The number of anilines is 1. The molecule has 1 aliphatic rings. The first-order valence-corrected chi connectivity index (χ1v) is 7.31. The average Bonchev–Trinajstić information content (AvgIpc) is 3.02. The minimum atomic E-state index is 0.0680. The van der Waals surface area contributed by atoms with E-state index in [1.807, 2.05) is 24.3 Å². The first-order valence-electron chi connectivity index (χ1n) is 7.31. The number of benzene rings is 1. The summed E-state index contributed by atoms with van der Waals surface area (Å²) in [5.41, 5.74) is 1.70. The normalized spacial score (nSPS) is 18.4. The molecule has 0 saturated carbocycles. The van der Waals surface area contributed by atoms with Crippen molar-refractivity contribution in [2.45, 2.75) is 19.3 Å². The molecule has 1 unspecified atom stereocenters. The van der Waals surface area contributed by atoms with Gasteiger partial charge in [-0.25, -0.2) is 4.98 Å². The highest BCUT2D eigenvalue weighted by atomic mass is 16.3. The molecule has 5 heteroatoms. The van der Waals surface area contributed by atoms with E-state index >= 15 is 0 Å². The van der Waals surface area contributed by atoms with E-state index in [9.17, 15) is 4.79 Å². The summed E-state index contributed by atoms with van der Waals surface area (Å²) in [7, 11) is 0. The monoisotopic (exact) mass is 285 g/mol. The van der Waals surface area contributed by atoms with Crippen LogP contribution in [-0.2, 0) is 4.79 Å². The standard InChI is InChI=1S/C16H19N3O2/c20-16(7-12-3-2-6-17-9-12)19-14-5-1-4-13(8-14)15-10-18-11-21-15/h1,4-5,8,10-12,17H,2-3,6-7,9H2,(H,19,20). The van der Waals surface area contributed by atoms with Crippen molar-refractivity contribution in [2.24, 2.45) is 5.92 Å². The topological polar surface area (TPSA) is 67.2 Å². The van der Waals surface area contributed by atoms with Crippen molar-refractivity contribution in [1.82, 2.24) is 10.3 Å². The van der Waals surface area contributed by atoms with Crippen LogP contribution in [0.25, 0.3) is 11.3 Å². The maximum absolute atomic E-state index is 12.1. The summed E-state index contributed by atoms with van der Waals surface area (Å²) in [6.45, 7) is 2.00. The van der Waals surface area contributed by atoms with E-state index < -0.39 is 0 Å². The number of nitrogens with one attached hydrogen (secondary N) is 2. The van der Waals surface area contributed by atoms with Gasteiger partial charge in [0.1, 0.15) is 0 Å². The van der Waals surface area contributed by atoms with Gasteiger partial charge in [0, 0.05) is 17.7 Å². The van der Waals surface area contributed by atoms with Crippen LogP contribution in [0, 0.1) is 5.92 Å². The SMILES string of the molecule is O=C(CC1CCCNC1)Nc1cccc(-c2cnco2)c1. The summed E-state index contributed by atoms with van der Waals surface area (Å²) in [6.07, 6.45) is 5.91. The molecule has 3 rings (SSSR count). The summed E-state index contributed by atoms with van der Waals surface area (Å²) >= 11 is 0. The second-order valence-corrected chi connectivity index (χ2v) is 5.41. The van der Waals surface area contributed by atoms with Crippen molar-refractivity contribution in [1.29, 1.82) is 0 Å². The lowest BCUT2D eigenvalue weighted by Crippen LogP contribution is -2.32. The summed E-state index contributed by atoms with van der Waals surface area (Å²) in [6, 6.07) is 7.62. The van der Waals surface area contributed by atoms with Crippen molar-refractivity contribution in [3.8, 4) is 11.3 Å². The molecule has 110 valence electrons. The van der Waals surface area contributed by atoms with E-state index in [0.717, 1.165) is 37.2 Å². The molecule has 1 atom stereocenters. The van der Waals surface area contributed by atoms with Crippen molar-refractivity contribution in [3.63, 3.8) is 0 Å². The molecule has 1 fully saturated rings. The maximum Gasteiger partial charge on any atom is 0.224 e. The van der Waals surface area contributed by atoms with Crippen molar-refractivity contribution in [2.75, 3.05) is 18.4 Å². The zero-order valence-electron chi connectivity index (χ0n) is 11.8. The Hall–Kier alpha value is -2.14. The van der Waals surface area contributed by atoms with Gasteiger partial charge in [-0.3, -0.25) is 4.79 Å². The molecule has 2 aromatic rings. The summed E-state index contributed by atoms with van der Waals surface area (Å²) in [5, 5.41) is 6.30. The minimum Gasteiger partial charge on any atom is -0.444 e. The number of carbonyl (C=O) groups excluding carboxylic acids is 1. The second kappa shape index (κ2) is 6.54. The summed E-state index contributed by atoms with van der Waals surface area (Å²) in [5.74, 6) is 1.21. The number of amides is 1. The zero-order valence-corrected chi connectivity index (χ0v) is 11.8. The Morgan fingerprint density at radius 1 is 1.48 bits per heavy atom. The molecular weight excluding hydrogens is 266 g/mol.